The molecular formula is C14H18N4O2S. The van der Waals surface area contributed by atoms with E-state index in [0.717, 1.165) is 12.1 Å². The van der Waals surface area contributed by atoms with Crippen LogP contribution in [0.5, 0.6) is 0 Å². The number of hydrogen-bond donors (Lipinski definition) is 2. The first-order valence-corrected chi connectivity index (χ1v) is 8.42. The Balaban J connectivity index is 1.56. The molecular weight excluding hydrogens is 288 g/mol. The van der Waals surface area contributed by atoms with Crippen LogP contribution < -0.4 is 10.5 Å². The molecule has 112 valence electrons. The Morgan fingerprint density at radius 1 is 1.24 bits per heavy atom. The molecule has 3 N–H and O–H groups in total. The van der Waals surface area contributed by atoms with Crippen molar-refractivity contribution in [3.8, 4) is 0 Å². The van der Waals surface area contributed by atoms with E-state index < -0.39 is 10.0 Å². The molecule has 0 atom stereocenters. The third-order valence-electron chi connectivity index (χ3n) is 3.57. The fourth-order valence-corrected chi connectivity index (χ4v) is 2.80. The van der Waals surface area contributed by atoms with Gasteiger partial charge >= 0.3 is 0 Å². The van der Waals surface area contributed by atoms with Gasteiger partial charge in [0, 0.05) is 25.3 Å². The van der Waals surface area contributed by atoms with Gasteiger partial charge in [0.2, 0.25) is 10.0 Å². The Morgan fingerprint density at radius 2 is 1.95 bits per heavy atom. The van der Waals surface area contributed by atoms with E-state index >= 15 is 0 Å². The lowest BCUT2D eigenvalue weighted by Gasteiger charge is -2.08. The highest BCUT2D eigenvalue weighted by Crippen LogP contribution is 2.35. The van der Waals surface area contributed by atoms with Crippen molar-refractivity contribution in [2.75, 3.05) is 0 Å². The highest BCUT2D eigenvalue weighted by Gasteiger charge is 2.24. The zero-order valence-electron chi connectivity index (χ0n) is 11.6. The Bertz CT molecular complexity index is 718. The van der Waals surface area contributed by atoms with Crippen molar-refractivity contribution in [3.63, 3.8) is 0 Å². The molecule has 0 bridgehead atoms. The van der Waals surface area contributed by atoms with Crippen LogP contribution in [0, 0.1) is 0 Å². The van der Waals surface area contributed by atoms with Gasteiger partial charge in [-0.1, -0.05) is 12.1 Å². The molecule has 0 saturated heterocycles. The standard InChI is InChI=1S/C14H18N4O2S/c15-21(19,20)14-5-1-11(2-6-14)7-16-8-13-9-17-10-18(13)12-3-4-12/h1-2,5-6,9-10,12,16H,3-4,7-8H2,(H2,15,19,20). The Hall–Kier alpha value is -1.70. The van der Waals surface area contributed by atoms with Gasteiger partial charge in [0.25, 0.3) is 0 Å². The predicted molar refractivity (Wildman–Crippen MR) is 78.9 cm³/mol. The van der Waals surface area contributed by atoms with Gasteiger partial charge in [-0.3, -0.25) is 0 Å². The third kappa shape index (κ3) is 3.49. The molecule has 21 heavy (non-hydrogen) atoms. The Labute approximate surface area is 124 Å². The van der Waals surface area contributed by atoms with E-state index in [1.807, 2.05) is 12.5 Å². The van der Waals surface area contributed by atoms with Crippen molar-refractivity contribution >= 4 is 10.0 Å². The maximum absolute atomic E-state index is 11.2. The third-order valence-corrected chi connectivity index (χ3v) is 4.50. The number of sulfonamides is 1. The SMILES string of the molecule is NS(=O)(=O)c1ccc(CNCc2cncn2C2CC2)cc1. The number of hydrogen-bond acceptors (Lipinski definition) is 4. The van der Waals surface area contributed by atoms with Crippen LogP contribution in [0.1, 0.15) is 30.1 Å². The largest absolute Gasteiger partial charge is 0.330 e. The lowest BCUT2D eigenvalue weighted by atomic mass is 10.2. The first-order chi connectivity index (χ1) is 10.0. The van der Waals surface area contributed by atoms with E-state index in [1.54, 1.807) is 12.1 Å². The van der Waals surface area contributed by atoms with Crippen molar-refractivity contribution < 1.29 is 8.42 Å². The number of imidazole rings is 1. The van der Waals surface area contributed by atoms with Gasteiger partial charge in [-0.2, -0.15) is 0 Å². The monoisotopic (exact) mass is 306 g/mol. The molecule has 1 aromatic carbocycles. The summed E-state index contributed by atoms with van der Waals surface area (Å²) in [5.74, 6) is 0. The minimum absolute atomic E-state index is 0.137. The number of rotatable bonds is 6. The number of nitrogens with one attached hydrogen (secondary N) is 1. The van der Waals surface area contributed by atoms with E-state index in [-0.39, 0.29) is 4.90 Å². The van der Waals surface area contributed by atoms with Gasteiger partial charge in [0.05, 0.1) is 16.9 Å². The topological polar surface area (TPSA) is 90.0 Å². The van der Waals surface area contributed by atoms with Crippen LogP contribution in [0.15, 0.2) is 41.7 Å². The van der Waals surface area contributed by atoms with Crippen LogP contribution in [0.3, 0.4) is 0 Å². The molecule has 0 aliphatic heterocycles. The zero-order valence-corrected chi connectivity index (χ0v) is 12.4. The normalized spacial score (nSPS) is 15.3. The molecule has 1 aliphatic carbocycles. The summed E-state index contributed by atoms with van der Waals surface area (Å²) in [5.41, 5.74) is 2.19. The van der Waals surface area contributed by atoms with Crippen molar-refractivity contribution in [2.24, 2.45) is 5.14 Å². The van der Waals surface area contributed by atoms with Crippen LogP contribution in [-0.2, 0) is 23.1 Å². The maximum atomic E-state index is 11.2. The van der Waals surface area contributed by atoms with Crippen LogP contribution in [0.2, 0.25) is 0 Å². The molecule has 7 heteroatoms. The average molecular weight is 306 g/mol. The summed E-state index contributed by atoms with van der Waals surface area (Å²) in [6, 6.07) is 7.22. The summed E-state index contributed by atoms with van der Waals surface area (Å²) in [6.07, 6.45) is 6.24. The van der Waals surface area contributed by atoms with Crippen molar-refractivity contribution in [2.45, 2.75) is 36.9 Å². The van der Waals surface area contributed by atoms with E-state index in [9.17, 15) is 8.42 Å². The minimum atomic E-state index is -3.62. The summed E-state index contributed by atoms with van der Waals surface area (Å²) < 4.78 is 24.6. The molecule has 1 fully saturated rings. The summed E-state index contributed by atoms with van der Waals surface area (Å²) in [5, 5.41) is 8.41. The van der Waals surface area contributed by atoms with Crippen molar-refractivity contribution in [3.05, 3.63) is 48.0 Å². The molecule has 0 amide bonds. The Morgan fingerprint density at radius 3 is 2.57 bits per heavy atom. The first kappa shape index (κ1) is 14.2. The van der Waals surface area contributed by atoms with Crippen molar-refractivity contribution in [1.29, 1.82) is 0 Å². The highest BCUT2D eigenvalue weighted by atomic mass is 32.2. The summed E-state index contributed by atoms with van der Waals surface area (Å²) in [6.45, 7) is 1.41. The highest BCUT2D eigenvalue weighted by molar-refractivity contribution is 7.89. The van der Waals surface area contributed by atoms with Gasteiger partial charge in [-0.25, -0.2) is 18.5 Å². The summed E-state index contributed by atoms with van der Waals surface area (Å²) in [4.78, 5) is 4.33. The fraction of sp³-hybridized carbons (Fsp3) is 0.357. The Kier molecular flexibility index (Phi) is 3.79. The van der Waals surface area contributed by atoms with E-state index in [1.165, 1.54) is 30.7 Å². The second-order valence-electron chi connectivity index (χ2n) is 5.32. The lowest BCUT2D eigenvalue weighted by Crippen LogP contribution is -2.16. The molecule has 1 aliphatic rings. The van der Waals surface area contributed by atoms with E-state index in [4.69, 9.17) is 5.14 Å². The smallest absolute Gasteiger partial charge is 0.238 e. The number of benzene rings is 1. The van der Waals surface area contributed by atoms with Gasteiger partial charge < -0.3 is 9.88 Å². The van der Waals surface area contributed by atoms with Crippen LogP contribution in [0.25, 0.3) is 0 Å². The quantitative estimate of drug-likeness (QED) is 0.838. The van der Waals surface area contributed by atoms with Crippen LogP contribution in [-0.4, -0.2) is 18.0 Å². The molecule has 1 heterocycles. The van der Waals surface area contributed by atoms with Gasteiger partial charge in [0.1, 0.15) is 0 Å². The lowest BCUT2D eigenvalue weighted by molar-refractivity contribution is 0.597. The van der Waals surface area contributed by atoms with Crippen LogP contribution >= 0.6 is 0 Å². The fourth-order valence-electron chi connectivity index (χ4n) is 2.28. The van der Waals surface area contributed by atoms with E-state index in [0.29, 0.717) is 12.6 Å². The predicted octanol–water partition coefficient (Wildman–Crippen LogP) is 1.16. The molecule has 1 saturated carbocycles. The van der Waals surface area contributed by atoms with Crippen molar-refractivity contribution in [1.82, 2.24) is 14.9 Å². The van der Waals surface area contributed by atoms with Crippen LogP contribution in [0.4, 0.5) is 0 Å². The minimum Gasteiger partial charge on any atom is -0.330 e. The van der Waals surface area contributed by atoms with Gasteiger partial charge in [-0.05, 0) is 30.5 Å². The second kappa shape index (κ2) is 5.59. The van der Waals surface area contributed by atoms with Gasteiger partial charge in [0.15, 0.2) is 0 Å². The first-order valence-electron chi connectivity index (χ1n) is 6.87. The number of primary sulfonamides is 1. The number of aromatic nitrogens is 2. The molecule has 0 radical (unpaired) electrons. The molecule has 3 rings (SSSR count). The molecule has 0 spiro atoms. The summed E-state index contributed by atoms with van der Waals surface area (Å²) in [7, 11) is -3.62. The van der Waals surface area contributed by atoms with E-state index in [2.05, 4.69) is 14.9 Å². The molecule has 0 unspecified atom stereocenters. The zero-order chi connectivity index (χ0) is 14.9. The molecule has 2 aromatic rings. The average Bonchev–Trinajstić information content (AvgIpc) is 3.18. The molecule has 1 aromatic heterocycles. The molecule has 6 nitrogen and oxygen atoms in total. The van der Waals surface area contributed by atoms with Gasteiger partial charge in [-0.15, -0.1) is 0 Å². The number of nitrogens with zero attached hydrogens (tertiary/aromatic N) is 2. The maximum Gasteiger partial charge on any atom is 0.238 e. The second-order valence-corrected chi connectivity index (χ2v) is 6.88. The number of nitrogens with two attached hydrogens (primary N) is 1. The summed E-state index contributed by atoms with van der Waals surface area (Å²) >= 11 is 0.